The number of carbonyl (C=O) groups is 1. The van der Waals surface area contributed by atoms with E-state index in [0.29, 0.717) is 12.6 Å². The van der Waals surface area contributed by atoms with Crippen LogP contribution in [0.5, 0.6) is 0 Å². The van der Waals surface area contributed by atoms with Crippen molar-refractivity contribution in [1.82, 2.24) is 10.2 Å². The van der Waals surface area contributed by atoms with E-state index in [9.17, 15) is 4.79 Å². The summed E-state index contributed by atoms with van der Waals surface area (Å²) >= 11 is 0. The largest absolute Gasteiger partial charge is 0.355 e. The molecule has 0 aromatic heterocycles. The normalized spacial score (nSPS) is 19.1. The molecule has 0 radical (unpaired) electrons. The van der Waals surface area contributed by atoms with Crippen molar-refractivity contribution in [1.29, 1.82) is 0 Å². The highest BCUT2D eigenvalue weighted by Gasteiger charge is 2.17. The first-order chi connectivity index (χ1) is 7.22. The summed E-state index contributed by atoms with van der Waals surface area (Å²) in [6, 6.07) is 0.337. The highest BCUT2D eigenvalue weighted by atomic mass is 16.2. The van der Waals surface area contributed by atoms with E-state index in [-0.39, 0.29) is 5.91 Å². The van der Waals surface area contributed by atoms with Crippen molar-refractivity contribution in [2.75, 3.05) is 26.2 Å². The minimum atomic E-state index is 0.152. The van der Waals surface area contributed by atoms with Crippen LogP contribution in [0.15, 0.2) is 0 Å². The predicted octanol–water partition coefficient (Wildman–Crippen LogP) is 0.326. The minimum absolute atomic E-state index is 0.152. The molecule has 0 aliphatic carbocycles. The molecule has 0 spiro atoms. The number of piperidine rings is 1. The van der Waals surface area contributed by atoms with Crippen LogP contribution < -0.4 is 11.1 Å². The van der Waals surface area contributed by atoms with Crippen LogP contribution >= 0.6 is 0 Å². The highest BCUT2D eigenvalue weighted by Crippen LogP contribution is 2.07. The quantitative estimate of drug-likeness (QED) is 0.647. The van der Waals surface area contributed by atoms with Gasteiger partial charge >= 0.3 is 0 Å². The van der Waals surface area contributed by atoms with Gasteiger partial charge in [0.05, 0.1) is 6.54 Å². The summed E-state index contributed by atoms with van der Waals surface area (Å²) in [6.07, 6.45) is 4.22. The first-order valence-corrected chi connectivity index (χ1v) is 5.97. The Kier molecular flexibility index (Phi) is 5.65. The number of likely N-dealkylation sites (tertiary alicyclic amines) is 1. The molecule has 15 heavy (non-hydrogen) atoms. The van der Waals surface area contributed by atoms with Crippen LogP contribution in [-0.4, -0.2) is 43.0 Å². The van der Waals surface area contributed by atoms with Crippen LogP contribution in [0.2, 0.25) is 0 Å². The first kappa shape index (κ1) is 12.5. The van der Waals surface area contributed by atoms with Crippen molar-refractivity contribution in [3.63, 3.8) is 0 Å². The molecule has 88 valence electrons. The fourth-order valence-electron chi connectivity index (χ4n) is 1.77. The van der Waals surface area contributed by atoms with Gasteiger partial charge in [-0.1, -0.05) is 13.3 Å². The van der Waals surface area contributed by atoms with E-state index < -0.39 is 0 Å². The predicted molar refractivity (Wildman–Crippen MR) is 61.6 cm³/mol. The Morgan fingerprint density at radius 3 is 2.73 bits per heavy atom. The van der Waals surface area contributed by atoms with Gasteiger partial charge in [-0.2, -0.15) is 0 Å². The Bertz CT molecular complexity index is 188. The smallest absolute Gasteiger partial charge is 0.234 e. The molecule has 0 atom stereocenters. The Balaban J connectivity index is 2.09. The number of nitrogens with zero attached hydrogens (tertiary/aromatic N) is 1. The average Bonchev–Trinajstić information content (AvgIpc) is 2.22. The molecule has 4 heteroatoms. The number of carbonyl (C=O) groups excluding carboxylic acids is 1. The van der Waals surface area contributed by atoms with Crippen molar-refractivity contribution >= 4 is 5.91 Å². The third kappa shape index (κ3) is 5.14. The van der Waals surface area contributed by atoms with Crippen molar-refractivity contribution in [2.45, 2.75) is 38.6 Å². The zero-order chi connectivity index (χ0) is 11.1. The monoisotopic (exact) mass is 213 g/mol. The average molecular weight is 213 g/mol. The van der Waals surface area contributed by atoms with Gasteiger partial charge in [0.1, 0.15) is 0 Å². The topological polar surface area (TPSA) is 58.4 Å². The molecule has 1 aliphatic heterocycles. The fraction of sp³-hybridized carbons (Fsp3) is 0.909. The third-order valence-electron chi connectivity index (χ3n) is 2.85. The van der Waals surface area contributed by atoms with Crippen molar-refractivity contribution in [2.24, 2.45) is 5.73 Å². The van der Waals surface area contributed by atoms with Gasteiger partial charge in [-0.25, -0.2) is 0 Å². The molecular weight excluding hydrogens is 190 g/mol. The van der Waals surface area contributed by atoms with E-state index in [1.165, 1.54) is 0 Å². The number of rotatable bonds is 5. The maximum absolute atomic E-state index is 11.5. The summed E-state index contributed by atoms with van der Waals surface area (Å²) in [5.74, 6) is 0.152. The Morgan fingerprint density at radius 2 is 2.13 bits per heavy atom. The van der Waals surface area contributed by atoms with E-state index in [1.54, 1.807) is 0 Å². The maximum atomic E-state index is 11.5. The fourth-order valence-corrected chi connectivity index (χ4v) is 1.77. The van der Waals surface area contributed by atoms with Crippen LogP contribution in [0, 0.1) is 0 Å². The SMILES string of the molecule is CCCCNC(=O)CN1CCC(N)CC1. The van der Waals surface area contributed by atoms with Crippen molar-refractivity contribution in [3.8, 4) is 0 Å². The highest BCUT2D eigenvalue weighted by molar-refractivity contribution is 5.77. The summed E-state index contributed by atoms with van der Waals surface area (Å²) in [4.78, 5) is 13.7. The summed E-state index contributed by atoms with van der Waals surface area (Å²) < 4.78 is 0. The molecule has 3 N–H and O–H groups in total. The Labute approximate surface area is 92.2 Å². The van der Waals surface area contributed by atoms with Crippen LogP contribution in [0.25, 0.3) is 0 Å². The zero-order valence-electron chi connectivity index (χ0n) is 9.67. The third-order valence-corrected chi connectivity index (χ3v) is 2.85. The number of hydrogen-bond acceptors (Lipinski definition) is 3. The minimum Gasteiger partial charge on any atom is -0.355 e. The lowest BCUT2D eigenvalue weighted by Crippen LogP contribution is -2.44. The summed E-state index contributed by atoms with van der Waals surface area (Å²) in [7, 11) is 0. The number of nitrogens with one attached hydrogen (secondary N) is 1. The van der Waals surface area contributed by atoms with E-state index in [0.717, 1.165) is 45.3 Å². The molecule has 1 fully saturated rings. The van der Waals surface area contributed by atoms with Crippen molar-refractivity contribution in [3.05, 3.63) is 0 Å². The molecule has 0 aromatic carbocycles. The summed E-state index contributed by atoms with van der Waals surface area (Å²) in [5, 5.41) is 2.93. The first-order valence-electron chi connectivity index (χ1n) is 5.97. The van der Waals surface area contributed by atoms with Gasteiger partial charge in [-0.15, -0.1) is 0 Å². The van der Waals surface area contributed by atoms with Gasteiger partial charge in [-0.05, 0) is 19.3 Å². The molecular formula is C11H23N3O. The molecule has 1 saturated heterocycles. The molecule has 0 unspecified atom stereocenters. The van der Waals surface area contributed by atoms with Gasteiger partial charge in [-0.3, -0.25) is 9.69 Å². The van der Waals surface area contributed by atoms with Gasteiger partial charge in [0.2, 0.25) is 5.91 Å². The van der Waals surface area contributed by atoms with E-state index in [1.807, 2.05) is 0 Å². The van der Waals surface area contributed by atoms with E-state index in [4.69, 9.17) is 5.73 Å². The van der Waals surface area contributed by atoms with E-state index >= 15 is 0 Å². The molecule has 1 rings (SSSR count). The maximum Gasteiger partial charge on any atom is 0.234 e. The molecule has 0 saturated carbocycles. The summed E-state index contributed by atoms with van der Waals surface area (Å²) in [6.45, 7) is 5.39. The van der Waals surface area contributed by atoms with Gasteiger partial charge in [0, 0.05) is 25.7 Å². The molecule has 0 aromatic rings. The molecule has 4 nitrogen and oxygen atoms in total. The van der Waals surface area contributed by atoms with E-state index in [2.05, 4.69) is 17.1 Å². The molecule has 1 heterocycles. The van der Waals surface area contributed by atoms with Gasteiger partial charge in [0.25, 0.3) is 0 Å². The summed E-state index contributed by atoms with van der Waals surface area (Å²) in [5.41, 5.74) is 5.80. The number of nitrogens with two attached hydrogens (primary N) is 1. The Morgan fingerprint density at radius 1 is 1.47 bits per heavy atom. The second-order valence-corrected chi connectivity index (χ2v) is 4.32. The number of unbranched alkanes of at least 4 members (excludes halogenated alkanes) is 1. The second kappa shape index (κ2) is 6.80. The lowest BCUT2D eigenvalue weighted by atomic mass is 10.1. The number of hydrogen-bond donors (Lipinski definition) is 2. The standard InChI is InChI=1S/C11H23N3O/c1-2-3-6-13-11(15)9-14-7-4-10(12)5-8-14/h10H,2-9,12H2,1H3,(H,13,15). The second-order valence-electron chi connectivity index (χ2n) is 4.32. The lowest BCUT2D eigenvalue weighted by molar-refractivity contribution is -0.122. The molecule has 1 aliphatic rings. The number of amides is 1. The Hall–Kier alpha value is -0.610. The molecule has 0 bridgehead atoms. The molecule has 1 amide bonds. The van der Waals surface area contributed by atoms with Gasteiger partial charge in [0.15, 0.2) is 0 Å². The van der Waals surface area contributed by atoms with Crippen LogP contribution in [0.1, 0.15) is 32.6 Å². The van der Waals surface area contributed by atoms with Crippen LogP contribution in [0.4, 0.5) is 0 Å². The van der Waals surface area contributed by atoms with Crippen LogP contribution in [-0.2, 0) is 4.79 Å². The van der Waals surface area contributed by atoms with Crippen LogP contribution in [0.3, 0.4) is 0 Å². The van der Waals surface area contributed by atoms with Crippen molar-refractivity contribution < 1.29 is 4.79 Å². The zero-order valence-corrected chi connectivity index (χ0v) is 9.67. The van der Waals surface area contributed by atoms with Gasteiger partial charge < -0.3 is 11.1 Å². The lowest BCUT2D eigenvalue weighted by Gasteiger charge is -2.29.